The normalized spacial score (nSPS) is 17.8. The summed E-state index contributed by atoms with van der Waals surface area (Å²) in [4.78, 5) is 16.4. The second-order valence-electron chi connectivity index (χ2n) is 8.90. The number of thiocarbonyl (C=S) groups is 1. The summed E-state index contributed by atoms with van der Waals surface area (Å²) >= 11 is 5.48. The third kappa shape index (κ3) is 9.49. The summed E-state index contributed by atoms with van der Waals surface area (Å²) in [5.41, 5.74) is 1.80. The van der Waals surface area contributed by atoms with Crippen molar-refractivity contribution in [2.45, 2.75) is 104 Å². The first-order valence-corrected chi connectivity index (χ1v) is 12.8. The Morgan fingerprint density at radius 1 is 1.22 bits per heavy atom. The zero-order valence-electron chi connectivity index (χ0n) is 20.6. The number of methoxy groups -OCH3 is 1. The molecule has 1 aliphatic heterocycles. The molecule has 1 atom stereocenters. The predicted molar refractivity (Wildman–Crippen MR) is 139 cm³/mol. The number of aromatic nitrogens is 2. The third-order valence-corrected chi connectivity index (χ3v) is 6.78. The fourth-order valence-corrected chi connectivity index (χ4v) is 4.57. The quantitative estimate of drug-likeness (QED) is 0.266. The van der Waals surface area contributed by atoms with E-state index in [1.54, 1.807) is 19.7 Å². The van der Waals surface area contributed by atoms with Gasteiger partial charge in [0.25, 0.3) is 0 Å². The molecule has 0 radical (unpaired) electrons. The van der Waals surface area contributed by atoms with Crippen molar-refractivity contribution in [2.24, 2.45) is 4.99 Å². The summed E-state index contributed by atoms with van der Waals surface area (Å²) in [5, 5.41) is 3.47. The topological polar surface area (TPSA) is 62.6 Å². The molecular formula is C25H43N5OS. The minimum atomic E-state index is 0.392. The number of aliphatic imine (C=N–C) groups is 1. The fourth-order valence-electron chi connectivity index (χ4n) is 4.25. The SMILES string of the molecule is CC=Nc1c(C)ncnc1NC1CCCC1.COC(C)CCCCC(=S)N1CCCCC1. The van der Waals surface area contributed by atoms with Crippen molar-refractivity contribution in [1.82, 2.24) is 14.9 Å². The third-order valence-electron chi connectivity index (χ3n) is 6.32. The van der Waals surface area contributed by atoms with Gasteiger partial charge in [-0.25, -0.2) is 9.97 Å². The van der Waals surface area contributed by atoms with E-state index in [0.717, 1.165) is 30.0 Å². The first-order valence-electron chi connectivity index (χ1n) is 12.4. The van der Waals surface area contributed by atoms with Crippen LogP contribution in [0.3, 0.4) is 0 Å². The molecule has 2 heterocycles. The van der Waals surface area contributed by atoms with Gasteiger partial charge in [0, 0.05) is 32.5 Å². The van der Waals surface area contributed by atoms with Crippen molar-refractivity contribution in [1.29, 1.82) is 0 Å². The Bertz CT molecular complexity index is 700. The maximum atomic E-state index is 5.48. The van der Waals surface area contributed by atoms with E-state index in [2.05, 4.69) is 32.1 Å². The second kappa shape index (κ2) is 15.3. The van der Waals surface area contributed by atoms with Crippen molar-refractivity contribution in [2.75, 3.05) is 25.5 Å². The molecule has 0 aromatic carbocycles. The molecule has 0 spiro atoms. The number of anilines is 1. The summed E-state index contributed by atoms with van der Waals surface area (Å²) in [6.07, 6.45) is 17.6. The van der Waals surface area contributed by atoms with E-state index in [1.165, 1.54) is 75.9 Å². The molecule has 180 valence electrons. The van der Waals surface area contributed by atoms with Gasteiger partial charge in [0.1, 0.15) is 12.0 Å². The Morgan fingerprint density at radius 3 is 2.59 bits per heavy atom. The maximum Gasteiger partial charge on any atom is 0.155 e. The van der Waals surface area contributed by atoms with Crippen LogP contribution >= 0.6 is 12.2 Å². The minimum Gasteiger partial charge on any atom is -0.382 e. The molecule has 1 aromatic heterocycles. The molecule has 1 aliphatic carbocycles. The van der Waals surface area contributed by atoms with Gasteiger partial charge in [-0.15, -0.1) is 0 Å². The monoisotopic (exact) mass is 461 g/mol. The highest BCUT2D eigenvalue weighted by Crippen LogP contribution is 2.28. The van der Waals surface area contributed by atoms with Crippen LogP contribution in [-0.2, 0) is 4.74 Å². The van der Waals surface area contributed by atoms with E-state index in [1.807, 2.05) is 13.8 Å². The number of likely N-dealkylation sites (tertiary alicyclic amines) is 1. The van der Waals surface area contributed by atoms with Gasteiger partial charge in [-0.1, -0.05) is 31.5 Å². The fraction of sp³-hybridized carbons (Fsp3) is 0.760. The Balaban J connectivity index is 0.000000227. The Morgan fingerprint density at radius 2 is 1.94 bits per heavy atom. The Hall–Kier alpha value is -1.60. The van der Waals surface area contributed by atoms with E-state index in [0.29, 0.717) is 12.1 Å². The van der Waals surface area contributed by atoms with Crippen molar-refractivity contribution < 1.29 is 4.74 Å². The highest BCUT2D eigenvalue weighted by Gasteiger charge is 2.17. The number of ether oxygens (including phenoxy) is 1. The smallest absolute Gasteiger partial charge is 0.155 e. The minimum absolute atomic E-state index is 0.392. The highest BCUT2D eigenvalue weighted by molar-refractivity contribution is 7.80. The number of nitrogens with one attached hydrogen (secondary N) is 1. The molecule has 2 aliphatic rings. The molecule has 0 amide bonds. The van der Waals surface area contributed by atoms with E-state index in [-0.39, 0.29) is 0 Å². The Labute approximate surface area is 200 Å². The zero-order valence-corrected chi connectivity index (χ0v) is 21.4. The van der Waals surface area contributed by atoms with Crippen LogP contribution in [0.25, 0.3) is 0 Å². The summed E-state index contributed by atoms with van der Waals surface area (Å²) in [5.74, 6) is 0.873. The van der Waals surface area contributed by atoms with Crippen molar-refractivity contribution in [3.63, 3.8) is 0 Å². The molecule has 32 heavy (non-hydrogen) atoms. The number of piperidine rings is 1. The zero-order chi connectivity index (χ0) is 23.2. The van der Waals surface area contributed by atoms with Gasteiger partial charge in [-0.3, -0.25) is 4.99 Å². The van der Waals surface area contributed by atoms with Crippen molar-refractivity contribution >= 4 is 34.9 Å². The number of nitrogens with zero attached hydrogens (tertiary/aromatic N) is 4. The molecule has 6 nitrogen and oxygen atoms in total. The van der Waals surface area contributed by atoms with Crippen LogP contribution in [0.2, 0.25) is 0 Å². The molecule has 7 heteroatoms. The molecule has 1 saturated carbocycles. The molecular weight excluding hydrogens is 418 g/mol. The summed E-state index contributed by atoms with van der Waals surface area (Å²) in [7, 11) is 1.78. The van der Waals surface area contributed by atoms with Crippen LogP contribution in [0.5, 0.6) is 0 Å². The first kappa shape index (κ1) is 26.7. The number of hydrogen-bond donors (Lipinski definition) is 1. The largest absolute Gasteiger partial charge is 0.382 e. The van der Waals surface area contributed by atoms with Gasteiger partial charge in [-0.2, -0.15) is 0 Å². The van der Waals surface area contributed by atoms with Gasteiger partial charge < -0.3 is 15.0 Å². The van der Waals surface area contributed by atoms with Gasteiger partial charge >= 0.3 is 0 Å². The molecule has 3 rings (SSSR count). The van der Waals surface area contributed by atoms with Crippen LogP contribution in [0, 0.1) is 6.92 Å². The van der Waals surface area contributed by atoms with Crippen LogP contribution in [0.1, 0.15) is 90.2 Å². The van der Waals surface area contributed by atoms with Gasteiger partial charge in [0.15, 0.2) is 5.82 Å². The van der Waals surface area contributed by atoms with Gasteiger partial charge in [0.05, 0.1) is 16.8 Å². The maximum absolute atomic E-state index is 5.48. The van der Waals surface area contributed by atoms with Crippen LogP contribution in [0.4, 0.5) is 11.5 Å². The molecule has 1 saturated heterocycles. The average molecular weight is 462 g/mol. The first-order chi connectivity index (χ1) is 15.5. The molecule has 1 unspecified atom stereocenters. The lowest BCUT2D eigenvalue weighted by molar-refractivity contribution is 0.108. The lowest BCUT2D eigenvalue weighted by Crippen LogP contribution is -2.34. The van der Waals surface area contributed by atoms with Crippen LogP contribution in [0.15, 0.2) is 11.3 Å². The summed E-state index contributed by atoms with van der Waals surface area (Å²) < 4.78 is 5.23. The second-order valence-corrected chi connectivity index (χ2v) is 9.37. The molecule has 1 N–H and O–H groups in total. The highest BCUT2D eigenvalue weighted by atomic mass is 32.1. The average Bonchev–Trinajstić information content (AvgIpc) is 3.33. The van der Waals surface area contributed by atoms with E-state index in [9.17, 15) is 0 Å². The number of rotatable bonds is 9. The van der Waals surface area contributed by atoms with Crippen molar-refractivity contribution in [3.05, 3.63) is 12.0 Å². The van der Waals surface area contributed by atoms with Crippen molar-refractivity contribution in [3.8, 4) is 0 Å². The molecule has 1 aromatic rings. The van der Waals surface area contributed by atoms with E-state index >= 15 is 0 Å². The number of unbranched alkanes of at least 4 members (excludes halogenated alkanes) is 1. The number of hydrogen-bond acceptors (Lipinski definition) is 6. The molecule has 2 fully saturated rings. The summed E-state index contributed by atoms with van der Waals surface area (Å²) in [6.45, 7) is 8.37. The van der Waals surface area contributed by atoms with E-state index in [4.69, 9.17) is 17.0 Å². The van der Waals surface area contributed by atoms with Crippen LogP contribution < -0.4 is 5.32 Å². The number of aryl methyl sites for hydroxylation is 1. The summed E-state index contributed by atoms with van der Waals surface area (Å²) in [6, 6.07) is 0.556. The lowest BCUT2D eigenvalue weighted by atomic mass is 10.1. The predicted octanol–water partition coefficient (Wildman–Crippen LogP) is 6.26. The van der Waals surface area contributed by atoms with E-state index < -0.39 is 0 Å². The van der Waals surface area contributed by atoms with Gasteiger partial charge in [-0.05, 0) is 72.1 Å². The Kier molecular flexibility index (Phi) is 12.7. The lowest BCUT2D eigenvalue weighted by Gasteiger charge is -2.29. The standard InChI is InChI=1S/C13H25NOS.C12H18N4/c1-12(15-2)8-4-5-9-13(16)14-10-6-3-7-11-14;1-3-13-11-9(2)14-8-15-12(11)16-10-6-4-5-7-10/h12H,3-11H2,1-2H3;3,8,10H,4-7H2,1-2H3,(H,14,15,16). The van der Waals surface area contributed by atoms with Gasteiger partial charge in [0.2, 0.25) is 0 Å². The molecule has 0 bridgehead atoms. The van der Waals surface area contributed by atoms with Crippen LogP contribution in [-0.4, -0.2) is 58.4 Å².